The van der Waals surface area contributed by atoms with E-state index in [9.17, 15) is 15.0 Å². The summed E-state index contributed by atoms with van der Waals surface area (Å²) in [6, 6.07) is 13.1. The van der Waals surface area contributed by atoms with Crippen molar-refractivity contribution >= 4 is 39.4 Å². The first-order valence-electron chi connectivity index (χ1n) is 33.6. The van der Waals surface area contributed by atoms with Crippen LogP contribution in [0.25, 0.3) is 0 Å². The Kier molecular flexibility index (Phi) is 13.9. The third-order valence-corrected chi connectivity index (χ3v) is 30.6. The van der Waals surface area contributed by atoms with Gasteiger partial charge in [0.25, 0.3) is 0 Å². The first kappa shape index (κ1) is 55.2. The molecule has 10 bridgehead atoms. The number of nitrogens with one attached hydrogen (secondary N) is 1. The van der Waals surface area contributed by atoms with Crippen LogP contribution in [-0.4, -0.2) is 74.0 Å². The molecule has 10 fully saturated rings. The molecule has 13 atom stereocenters. The minimum Gasteiger partial charge on any atom is -0.504 e. The van der Waals surface area contributed by atoms with E-state index in [2.05, 4.69) is 75.5 Å². The highest BCUT2D eigenvalue weighted by Gasteiger charge is 2.71. The molecule has 2 aromatic rings. The molecule has 1 amide bonds. The fourth-order valence-electron chi connectivity index (χ4n) is 23.8. The van der Waals surface area contributed by atoms with Crippen LogP contribution in [-0.2, 0) is 27.3 Å². The molecule has 6 heterocycles. The Balaban J connectivity index is 0.830. The molecular weight excluding hydrogens is 1060 g/mol. The van der Waals surface area contributed by atoms with Crippen molar-refractivity contribution in [2.45, 2.75) is 253 Å². The van der Waals surface area contributed by atoms with Crippen molar-refractivity contribution in [2.24, 2.45) is 67.4 Å². The lowest BCUT2D eigenvalue weighted by molar-refractivity contribution is -0.173. The number of esters is 1. The topological polar surface area (TPSA) is 147 Å². The number of amides is 1. The highest BCUT2D eigenvalue weighted by molar-refractivity contribution is 8.77. The largest absolute Gasteiger partial charge is 0.504 e. The summed E-state index contributed by atoms with van der Waals surface area (Å²) in [6.07, 6.45) is 40.1. The van der Waals surface area contributed by atoms with Gasteiger partial charge in [0.05, 0.1) is 6.10 Å². The molecule has 16 aliphatic rings. The number of aromatic hydroxyl groups is 1. The van der Waals surface area contributed by atoms with Crippen LogP contribution < -0.4 is 15.8 Å². The predicted molar refractivity (Wildman–Crippen MR) is 327 cm³/mol. The molecule has 6 aliphatic heterocycles. The van der Waals surface area contributed by atoms with E-state index in [1.807, 2.05) is 4.90 Å². The fraction of sp³-hybridized carbons (Fsp3) is 0.757. The number of aliphatic hydroxyl groups is 1. The van der Waals surface area contributed by atoms with Crippen LogP contribution in [0.15, 0.2) is 53.5 Å². The minimum absolute atomic E-state index is 0.0915. The number of benzene rings is 2. The van der Waals surface area contributed by atoms with Crippen LogP contribution in [0.4, 0.5) is 0 Å². The van der Waals surface area contributed by atoms with E-state index >= 15 is 4.79 Å². The Morgan fingerprint density at radius 3 is 2.37 bits per heavy atom. The highest BCUT2D eigenvalue weighted by atomic mass is 33.1. The van der Waals surface area contributed by atoms with Crippen LogP contribution in [0.5, 0.6) is 11.5 Å². The number of phenolic OH excluding ortho intramolecular Hbond substituents is 1. The SMILES string of the molecule is CC(=O)O[C@@]12CCc3cc(c(O)c4c3[C@H]3C=C[C@@]5(CCC[C@@H]5C3)O4)CN3C[C@@]4(CC3=O)[C@H](CC[C@@H]4c3ccccc3)CN=C(N)N[C@@]3(CCCC34CCCC4)SSC[C@@H]3CC[C@@H](C[C@]34CCC3(CCCC3)C43CCCC3)[C@H](CC1)[C@H](O)C2. The Hall–Kier alpha value is -3.35. The molecule has 444 valence electrons. The molecule has 12 heteroatoms. The molecule has 0 radical (unpaired) electrons. The molecule has 7 spiro atoms. The van der Waals surface area contributed by atoms with Gasteiger partial charge < -0.3 is 35.6 Å². The zero-order valence-electron chi connectivity index (χ0n) is 49.5. The Morgan fingerprint density at radius 1 is 0.805 bits per heavy atom. The number of allylic oxidation sites excluding steroid dienone is 1. The highest BCUT2D eigenvalue weighted by Crippen LogP contribution is 2.79. The van der Waals surface area contributed by atoms with Crippen LogP contribution in [0, 0.1) is 56.7 Å². The number of nitrogens with two attached hydrogens (primary N) is 1. The van der Waals surface area contributed by atoms with Crippen molar-refractivity contribution in [2.75, 3.05) is 18.8 Å². The maximum Gasteiger partial charge on any atom is 0.303 e. The van der Waals surface area contributed by atoms with E-state index in [4.69, 9.17) is 20.2 Å². The lowest BCUT2D eigenvalue weighted by Gasteiger charge is -2.60. The summed E-state index contributed by atoms with van der Waals surface area (Å²) < 4.78 is 13.9. The molecule has 0 unspecified atom stereocenters. The predicted octanol–water partition coefficient (Wildman–Crippen LogP) is 14.7. The molecule has 5 N–H and O–H groups in total. The number of aryl methyl sites for hydroxylation is 1. The Morgan fingerprint density at radius 2 is 1.57 bits per heavy atom. The fourth-order valence-corrected chi connectivity index (χ4v) is 27.8. The van der Waals surface area contributed by atoms with Crippen LogP contribution in [0.1, 0.15) is 240 Å². The average Bonchev–Trinajstić information content (AvgIpc) is 1.71. The number of ether oxygens (including phenoxy) is 2. The van der Waals surface area contributed by atoms with Crippen molar-refractivity contribution in [3.63, 3.8) is 0 Å². The van der Waals surface area contributed by atoms with Gasteiger partial charge in [-0.1, -0.05) is 96.5 Å². The van der Waals surface area contributed by atoms with Crippen LogP contribution in [0.3, 0.4) is 0 Å². The summed E-state index contributed by atoms with van der Waals surface area (Å²) in [6.45, 7) is 3.01. The first-order valence-corrected chi connectivity index (χ1v) is 35.9. The molecule has 2 aromatic carbocycles. The van der Waals surface area contributed by atoms with E-state index in [0.717, 1.165) is 74.5 Å². The van der Waals surface area contributed by atoms with Crippen LogP contribution >= 0.6 is 21.6 Å². The summed E-state index contributed by atoms with van der Waals surface area (Å²) in [5.41, 5.74) is 11.3. The molecule has 9 saturated carbocycles. The maximum atomic E-state index is 15.0. The number of hydrogen-bond donors (Lipinski definition) is 4. The van der Waals surface area contributed by atoms with Gasteiger partial charge in [0.15, 0.2) is 17.5 Å². The van der Waals surface area contributed by atoms with Gasteiger partial charge in [-0.2, -0.15) is 0 Å². The van der Waals surface area contributed by atoms with Crippen molar-refractivity contribution in [1.29, 1.82) is 0 Å². The standard InChI is InChI=1S/C70H96N4O6S2/c1-46(75)79-65-32-20-48-37-51(60(78)61-59(48)49-21-34-68(80-61)28-11-15-52(68)38-49)43-74-45-66(41-58(74)77)53(18-19-56(66)47-13-3-2-4-14-47)42-72-62(71)73-70(31-12-27-64(70)25-7-8-26-64)82-81-44-54-17-16-50(55(22-33-65)57(76)40-65)39-67(54)36-35-63(23-5-6-24-63)69(67)29-9-10-30-69/h2-4,13-14,21,34,37,49-50,52-57,76,78H,5-12,15-20,22-33,35-36,38-45H2,1H3,(H3,71,72,73)/t49-,50-,52+,53+,54-,55-,56+,57+,65-,66-,67+,68+,70-/m0/s1. The van der Waals surface area contributed by atoms with Gasteiger partial charge in [-0.3, -0.25) is 14.6 Å². The number of carbonyl (C=O) groups is 2. The first-order chi connectivity index (χ1) is 39.8. The van der Waals surface area contributed by atoms with Crippen LogP contribution in [0.2, 0.25) is 0 Å². The third kappa shape index (κ3) is 8.46. The number of aliphatic hydroxyl groups excluding tert-OH is 1. The molecular formula is C70H96N4O6S2. The number of aliphatic imine (C=N–C) groups is 1. The monoisotopic (exact) mass is 1150 g/mol. The van der Waals surface area contributed by atoms with Gasteiger partial charge in [-0.25, -0.2) is 0 Å². The quantitative estimate of drug-likeness (QED) is 0.130. The molecule has 82 heavy (non-hydrogen) atoms. The second-order valence-corrected chi connectivity index (χ2v) is 33.0. The molecule has 1 saturated heterocycles. The Bertz CT molecular complexity index is 2850. The summed E-state index contributed by atoms with van der Waals surface area (Å²) in [5, 5.41) is 29.9. The summed E-state index contributed by atoms with van der Waals surface area (Å²) in [7, 11) is 4.35. The normalized spacial score (nSPS) is 41.6. The lowest BCUT2D eigenvalue weighted by Crippen LogP contribution is -2.56. The summed E-state index contributed by atoms with van der Waals surface area (Å²) >= 11 is 0. The van der Waals surface area contributed by atoms with E-state index < -0.39 is 17.3 Å². The maximum absolute atomic E-state index is 15.0. The molecule has 10 aliphatic carbocycles. The number of guanidine groups is 1. The van der Waals surface area contributed by atoms with Crippen molar-refractivity contribution < 1.29 is 29.3 Å². The third-order valence-electron chi connectivity index (χ3n) is 27.3. The van der Waals surface area contributed by atoms with Crippen molar-refractivity contribution in [3.8, 4) is 11.5 Å². The van der Waals surface area contributed by atoms with Gasteiger partial charge in [0.2, 0.25) is 5.91 Å². The van der Waals surface area contributed by atoms with E-state index in [1.165, 1.54) is 133 Å². The molecule has 10 nitrogen and oxygen atoms in total. The zero-order chi connectivity index (χ0) is 55.7. The van der Waals surface area contributed by atoms with Gasteiger partial charge in [-0.05, 0) is 223 Å². The van der Waals surface area contributed by atoms with E-state index in [-0.39, 0.29) is 69.0 Å². The number of hydrogen-bond acceptors (Lipinski definition) is 11. The molecule has 0 aromatic heterocycles. The zero-order valence-corrected chi connectivity index (χ0v) is 51.1. The van der Waals surface area contributed by atoms with E-state index in [0.29, 0.717) is 79.1 Å². The summed E-state index contributed by atoms with van der Waals surface area (Å²) in [5.74, 6) is 4.46. The minimum atomic E-state index is -0.808. The van der Waals surface area contributed by atoms with Gasteiger partial charge in [0.1, 0.15) is 16.1 Å². The van der Waals surface area contributed by atoms with Crippen molar-refractivity contribution in [1.82, 2.24) is 10.2 Å². The second-order valence-electron chi connectivity index (χ2n) is 30.3. The van der Waals surface area contributed by atoms with E-state index in [1.54, 1.807) is 6.92 Å². The number of carbonyl (C=O) groups excluding carboxylic acids is 2. The second kappa shape index (κ2) is 20.6. The van der Waals surface area contributed by atoms with Gasteiger partial charge in [0, 0.05) is 78.9 Å². The smallest absolute Gasteiger partial charge is 0.303 e. The number of rotatable bonds is 2. The number of fused-ring (bicyclic) bond motifs is 2. The Labute approximate surface area is 497 Å². The summed E-state index contributed by atoms with van der Waals surface area (Å²) in [4.78, 5) is 35.8. The van der Waals surface area contributed by atoms with Crippen molar-refractivity contribution in [3.05, 3.63) is 70.8 Å². The number of phenols is 1. The average molecular weight is 1150 g/mol. The lowest BCUT2D eigenvalue weighted by atomic mass is 9.45. The van der Waals surface area contributed by atoms with Gasteiger partial charge >= 0.3 is 5.97 Å². The number of nitrogens with zero attached hydrogens (tertiary/aromatic N) is 2. The molecule has 18 rings (SSSR count). The van der Waals surface area contributed by atoms with Gasteiger partial charge in [-0.15, -0.1) is 0 Å².